The van der Waals surface area contributed by atoms with Gasteiger partial charge in [0, 0.05) is 44.7 Å². The number of rotatable bonds is 10. The second-order valence-electron chi connectivity index (χ2n) is 9.32. The topological polar surface area (TPSA) is 76.6 Å². The van der Waals surface area contributed by atoms with E-state index in [-0.39, 0.29) is 6.03 Å². The van der Waals surface area contributed by atoms with E-state index in [1.807, 2.05) is 41.3 Å². The highest BCUT2D eigenvalue weighted by atomic mass is 16.2. The van der Waals surface area contributed by atoms with Crippen LogP contribution >= 0.6 is 0 Å². The molecule has 4 rings (SSSR count). The van der Waals surface area contributed by atoms with Crippen LogP contribution in [0.3, 0.4) is 0 Å². The van der Waals surface area contributed by atoms with Crippen LogP contribution in [-0.2, 0) is 13.0 Å². The maximum Gasteiger partial charge on any atom is 0.317 e. The van der Waals surface area contributed by atoms with Gasteiger partial charge in [0.05, 0.1) is 12.1 Å². The van der Waals surface area contributed by atoms with Crippen LogP contribution in [0.15, 0.2) is 54.6 Å². The molecule has 1 fully saturated rings. The SMILES string of the molecule is CN(C)CCCNc1nc(CN2CCN(C(=O)NCCc3ccccc3)CC2)nc2ccccc12. The number of para-hydroxylation sites is 1. The minimum Gasteiger partial charge on any atom is -0.369 e. The van der Waals surface area contributed by atoms with Crippen molar-refractivity contribution in [3.05, 3.63) is 66.0 Å². The van der Waals surface area contributed by atoms with Crippen LogP contribution in [0.4, 0.5) is 10.6 Å². The number of aromatic nitrogens is 2. The smallest absolute Gasteiger partial charge is 0.317 e. The fraction of sp³-hybridized carbons (Fsp3) is 0.444. The Balaban J connectivity index is 1.28. The van der Waals surface area contributed by atoms with Crippen molar-refractivity contribution in [2.45, 2.75) is 19.4 Å². The highest BCUT2D eigenvalue weighted by Gasteiger charge is 2.22. The lowest BCUT2D eigenvalue weighted by atomic mass is 10.1. The molecule has 0 atom stereocenters. The summed E-state index contributed by atoms with van der Waals surface area (Å²) < 4.78 is 0. The molecule has 2 amide bonds. The first-order valence-corrected chi connectivity index (χ1v) is 12.5. The Kier molecular flexibility index (Phi) is 8.86. The molecule has 0 saturated carbocycles. The molecule has 1 aromatic heterocycles. The van der Waals surface area contributed by atoms with Crippen molar-refractivity contribution in [2.75, 3.05) is 65.2 Å². The molecule has 35 heavy (non-hydrogen) atoms. The summed E-state index contributed by atoms with van der Waals surface area (Å²) in [6.07, 6.45) is 1.90. The minimum atomic E-state index is 0.0201. The van der Waals surface area contributed by atoms with Crippen LogP contribution < -0.4 is 10.6 Å². The first-order chi connectivity index (χ1) is 17.1. The second kappa shape index (κ2) is 12.5. The number of nitrogens with zero attached hydrogens (tertiary/aromatic N) is 5. The van der Waals surface area contributed by atoms with Crippen LogP contribution in [0.1, 0.15) is 17.8 Å². The molecule has 186 valence electrons. The average Bonchev–Trinajstić information content (AvgIpc) is 2.87. The molecular weight excluding hydrogens is 438 g/mol. The number of carbonyl (C=O) groups excluding carboxylic acids is 1. The largest absolute Gasteiger partial charge is 0.369 e. The summed E-state index contributed by atoms with van der Waals surface area (Å²) in [6, 6.07) is 18.4. The number of hydrogen-bond acceptors (Lipinski definition) is 6. The maximum atomic E-state index is 12.6. The molecule has 1 saturated heterocycles. The molecule has 2 aromatic carbocycles. The Morgan fingerprint density at radius 2 is 1.69 bits per heavy atom. The predicted molar refractivity (Wildman–Crippen MR) is 142 cm³/mol. The molecule has 0 spiro atoms. The molecule has 2 N–H and O–H groups in total. The van der Waals surface area contributed by atoms with Crippen molar-refractivity contribution >= 4 is 22.8 Å². The van der Waals surface area contributed by atoms with Gasteiger partial charge in [0.25, 0.3) is 0 Å². The number of fused-ring (bicyclic) bond motifs is 1. The summed E-state index contributed by atoms with van der Waals surface area (Å²) in [6.45, 7) is 6.28. The summed E-state index contributed by atoms with van der Waals surface area (Å²) in [5, 5.41) is 7.63. The van der Waals surface area contributed by atoms with Crippen molar-refractivity contribution < 1.29 is 4.79 Å². The molecule has 8 nitrogen and oxygen atoms in total. The predicted octanol–water partition coefficient (Wildman–Crippen LogP) is 3.06. The Hall–Kier alpha value is -3.23. The Morgan fingerprint density at radius 3 is 2.46 bits per heavy atom. The van der Waals surface area contributed by atoms with Gasteiger partial charge in [0.2, 0.25) is 0 Å². The van der Waals surface area contributed by atoms with Crippen LogP contribution in [-0.4, -0.2) is 90.6 Å². The standard InChI is InChI=1S/C27H37N7O/c1-32(2)16-8-14-28-26-23-11-6-7-12-24(23)30-25(31-26)21-33-17-19-34(20-18-33)27(35)29-15-13-22-9-4-3-5-10-22/h3-7,9-12H,8,13-21H2,1-2H3,(H,29,35)(H,28,30,31). The Morgan fingerprint density at radius 1 is 0.943 bits per heavy atom. The third kappa shape index (κ3) is 7.37. The number of benzene rings is 2. The summed E-state index contributed by atoms with van der Waals surface area (Å²) in [5.41, 5.74) is 2.20. The Bertz CT molecular complexity index is 1080. The first-order valence-electron chi connectivity index (χ1n) is 12.5. The van der Waals surface area contributed by atoms with Gasteiger partial charge >= 0.3 is 6.03 Å². The molecule has 0 bridgehead atoms. The number of nitrogens with one attached hydrogen (secondary N) is 2. The van der Waals surface area contributed by atoms with E-state index >= 15 is 0 Å². The van der Waals surface area contributed by atoms with Crippen molar-refractivity contribution in [1.82, 2.24) is 30.0 Å². The number of hydrogen-bond donors (Lipinski definition) is 2. The first kappa shape index (κ1) is 24.9. The normalized spacial score (nSPS) is 14.4. The molecule has 1 aliphatic rings. The molecule has 8 heteroatoms. The third-order valence-corrected chi connectivity index (χ3v) is 6.28. The summed E-state index contributed by atoms with van der Waals surface area (Å²) in [5.74, 6) is 1.72. The van der Waals surface area contributed by atoms with Gasteiger partial charge in [0.15, 0.2) is 0 Å². The van der Waals surface area contributed by atoms with Gasteiger partial charge in [-0.2, -0.15) is 0 Å². The maximum absolute atomic E-state index is 12.6. The van der Waals surface area contributed by atoms with Gasteiger partial charge in [-0.15, -0.1) is 0 Å². The quantitative estimate of drug-likeness (QED) is 0.439. The number of urea groups is 1. The van der Waals surface area contributed by atoms with E-state index in [0.29, 0.717) is 26.2 Å². The fourth-order valence-electron chi connectivity index (χ4n) is 4.31. The van der Waals surface area contributed by atoms with E-state index in [1.54, 1.807) is 0 Å². The average molecular weight is 476 g/mol. The zero-order valence-electron chi connectivity index (χ0n) is 20.9. The van der Waals surface area contributed by atoms with Gasteiger partial charge < -0.3 is 20.4 Å². The van der Waals surface area contributed by atoms with Crippen LogP contribution in [0.25, 0.3) is 10.9 Å². The molecule has 1 aliphatic heterocycles. The summed E-state index contributed by atoms with van der Waals surface area (Å²) in [4.78, 5) is 28.7. The van der Waals surface area contributed by atoms with Gasteiger partial charge in [0.1, 0.15) is 11.6 Å². The summed E-state index contributed by atoms with van der Waals surface area (Å²) >= 11 is 0. The lowest BCUT2D eigenvalue weighted by molar-refractivity contribution is 0.134. The lowest BCUT2D eigenvalue weighted by Crippen LogP contribution is -2.51. The number of anilines is 1. The zero-order valence-corrected chi connectivity index (χ0v) is 20.9. The minimum absolute atomic E-state index is 0.0201. The molecule has 0 radical (unpaired) electrons. The molecule has 0 aliphatic carbocycles. The van der Waals surface area contributed by atoms with Crippen molar-refractivity contribution in [3.8, 4) is 0 Å². The highest BCUT2D eigenvalue weighted by Crippen LogP contribution is 2.21. The zero-order chi connectivity index (χ0) is 24.5. The van der Waals surface area contributed by atoms with E-state index in [4.69, 9.17) is 9.97 Å². The summed E-state index contributed by atoms with van der Waals surface area (Å²) in [7, 11) is 4.18. The van der Waals surface area contributed by atoms with Gasteiger partial charge in [-0.3, -0.25) is 4.90 Å². The van der Waals surface area contributed by atoms with Crippen LogP contribution in [0.5, 0.6) is 0 Å². The van der Waals surface area contributed by atoms with E-state index in [9.17, 15) is 4.79 Å². The highest BCUT2D eigenvalue weighted by molar-refractivity contribution is 5.88. The monoisotopic (exact) mass is 475 g/mol. The van der Waals surface area contributed by atoms with Crippen molar-refractivity contribution in [3.63, 3.8) is 0 Å². The van der Waals surface area contributed by atoms with Gasteiger partial charge in [-0.1, -0.05) is 42.5 Å². The second-order valence-corrected chi connectivity index (χ2v) is 9.32. The fourth-order valence-corrected chi connectivity index (χ4v) is 4.31. The number of piperazine rings is 1. The molecular formula is C27H37N7O. The number of amides is 2. The van der Waals surface area contributed by atoms with Gasteiger partial charge in [-0.25, -0.2) is 14.8 Å². The Labute approximate surface area is 208 Å². The van der Waals surface area contributed by atoms with Crippen LogP contribution in [0, 0.1) is 0 Å². The van der Waals surface area contributed by atoms with E-state index in [1.165, 1.54) is 5.56 Å². The molecule has 3 aromatic rings. The van der Waals surface area contributed by atoms with E-state index in [0.717, 1.165) is 61.6 Å². The van der Waals surface area contributed by atoms with Crippen molar-refractivity contribution in [1.29, 1.82) is 0 Å². The van der Waals surface area contributed by atoms with E-state index in [2.05, 4.69) is 52.7 Å². The number of carbonyl (C=O) groups is 1. The van der Waals surface area contributed by atoms with Gasteiger partial charge in [-0.05, 0) is 51.2 Å². The molecule has 0 unspecified atom stereocenters. The third-order valence-electron chi connectivity index (χ3n) is 6.28. The molecule has 2 heterocycles. The van der Waals surface area contributed by atoms with Crippen molar-refractivity contribution in [2.24, 2.45) is 0 Å². The van der Waals surface area contributed by atoms with E-state index < -0.39 is 0 Å². The van der Waals surface area contributed by atoms with Crippen LogP contribution in [0.2, 0.25) is 0 Å². The lowest BCUT2D eigenvalue weighted by Gasteiger charge is -2.34.